The first-order valence-electron chi connectivity index (χ1n) is 12.2. The lowest BCUT2D eigenvalue weighted by Gasteiger charge is -2.33. The lowest BCUT2D eigenvalue weighted by atomic mass is 10.0. The molecular weight excluding hydrogens is 634 g/mol. The van der Waals surface area contributed by atoms with Gasteiger partial charge in [-0.3, -0.25) is 13.9 Å². The molecule has 0 saturated heterocycles. The largest absolute Gasteiger partial charge is 0.354 e. The number of nitrogens with one attached hydrogen (secondary N) is 1. The maximum atomic E-state index is 14.0. The SMILES string of the molecule is CCCNC(=O)C(Cc1ccccc1)N(Cc1cccc(Br)c1)C(=O)CN(c1cccc(Br)c1)S(C)(=O)=O. The molecule has 0 fully saturated rings. The van der Waals surface area contributed by atoms with Crippen molar-refractivity contribution in [1.29, 1.82) is 0 Å². The van der Waals surface area contributed by atoms with E-state index >= 15 is 0 Å². The molecule has 3 aromatic carbocycles. The highest BCUT2D eigenvalue weighted by molar-refractivity contribution is 9.10. The van der Waals surface area contributed by atoms with E-state index in [1.54, 1.807) is 24.3 Å². The Kier molecular flexibility index (Phi) is 10.9. The van der Waals surface area contributed by atoms with Gasteiger partial charge < -0.3 is 10.2 Å². The molecule has 1 unspecified atom stereocenters. The molecule has 1 N–H and O–H groups in total. The van der Waals surface area contributed by atoms with Crippen LogP contribution in [0.15, 0.2) is 87.8 Å². The molecule has 0 radical (unpaired) electrons. The van der Waals surface area contributed by atoms with Crippen LogP contribution in [0.4, 0.5) is 5.69 Å². The maximum Gasteiger partial charge on any atom is 0.244 e. The molecule has 1 atom stereocenters. The Hall–Kier alpha value is -2.69. The van der Waals surface area contributed by atoms with Crippen LogP contribution < -0.4 is 9.62 Å². The van der Waals surface area contributed by atoms with Gasteiger partial charge >= 0.3 is 0 Å². The number of halogens is 2. The van der Waals surface area contributed by atoms with Gasteiger partial charge in [-0.15, -0.1) is 0 Å². The topological polar surface area (TPSA) is 86.8 Å². The van der Waals surface area contributed by atoms with Crippen LogP contribution in [0.5, 0.6) is 0 Å². The molecule has 3 rings (SSSR count). The van der Waals surface area contributed by atoms with E-state index in [-0.39, 0.29) is 18.9 Å². The summed E-state index contributed by atoms with van der Waals surface area (Å²) in [7, 11) is -3.80. The van der Waals surface area contributed by atoms with Crippen molar-refractivity contribution < 1.29 is 18.0 Å². The second kappa shape index (κ2) is 13.9. The second-order valence-electron chi connectivity index (χ2n) is 8.90. The van der Waals surface area contributed by atoms with Gasteiger partial charge in [0, 0.05) is 28.5 Å². The minimum atomic E-state index is -3.80. The normalized spacial score (nSPS) is 12.0. The molecule has 7 nitrogen and oxygen atoms in total. The van der Waals surface area contributed by atoms with E-state index in [0.29, 0.717) is 16.7 Å². The molecule has 0 bridgehead atoms. The number of amides is 2. The number of carbonyl (C=O) groups excluding carboxylic acids is 2. The van der Waals surface area contributed by atoms with Crippen molar-refractivity contribution in [1.82, 2.24) is 10.2 Å². The fraction of sp³-hybridized carbons (Fsp3) is 0.286. The van der Waals surface area contributed by atoms with Gasteiger partial charge in [-0.25, -0.2) is 8.42 Å². The summed E-state index contributed by atoms with van der Waals surface area (Å²) in [5, 5.41) is 2.93. The van der Waals surface area contributed by atoms with Gasteiger partial charge in [-0.05, 0) is 47.9 Å². The number of sulfonamides is 1. The number of benzene rings is 3. The summed E-state index contributed by atoms with van der Waals surface area (Å²) in [6.07, 6.45) is 2.09. The van der Waals surface area contributed by atoms with Crippen LogP contribution in [-0.4, -0.2) is 50.5 Å². The molecule has 3 aromatic rings. The van der Waals surface area contributed by atoms with Crippen molar-refractivity contribution in [3.8, 4) is 0 Å². The van der Waals surface area contributed by atoms with Crippen LogP contribution in [0, 0.1) is 0 Å². The van der Waals surface area contributed by atoms with E-state index in [9.17, 15) is 18.0 Å². The van der Waals surface area contributed by atoms with Gasteiger partial charge in [-0.1, -0.05) is 87.3 Å². The smallest absolute Gasteiger partial charge is 0.244 e. The zero-order valence-corrected chi connectivity index (χ0v) is 25.3. The van der Waals surface area contributed by atoms with Gasteiger partial charge in [-0.2, -0.15) is 0 Å². The first-order valence-corrected chi connectivity index (χ1v) is 15.6. The van der Waals surface area contributed by atoms with Crippen LogP contribution in [0.25, 0.3) is 0 Å². The Balaban J connectivity index is 2.04. The number of hydrogen-bond donors (Lipinski definition) is 1. The molecule has 0 aliphatic heterocycles. The Bertz CT molecular complexity index is 1350. The van der Waals surface area contributed by atoms with Gasteiger partial charge in [0.1, 0.15) is 12.6 Å². The molecular formula is C28H31Br2N3O4S. The fourth-order valence-electron chi connectivity index (χ4n) is 4.00. The molecule has 2 amide bonds. The Morgan fingerprint density at radius 2 is 1.53 bits per heavy atom. The number of rotatable bonds is 12. The highest BCUT2D eigenvalue weighted by Crippen LogP contribution is 2.24. The molecule has 10 heteroatoms. The number of carbonyl (C=O) groups is 2. The van der Waals surface area contributed by atoms with Gasteiger partial charge in [0.05, 0.1) is 11.9 Å². The summed E-state index contributed by atoms with van der Waals surface area (Å²) < 4.78 is 28.2. The van der Waals surface area contributed by atoms with E-state index in [0.717, 1.165) is 32.6 Å². The Labute approximate surface area is 241 Å². The van der Waals surface area contributed by atoms with Crippen LogP contribution >= 0.6 is 31.9 Å². The van der Waals surface area contributed by atoms with E-state index in [1.165, 1.54) is 4.90 Å². The predicted octanol–water partition coefficient (Wildman–Crippen LogP) is 5.14. The molecule has 0 spiro atoms. The lowest BCUT2D eigenvalue weighted by Crippen LogP contribution is -2.53. The Morgan fingerprint density at radius 1 is 0.895 bits per heavy atom. The van der Waals surface area contributed by atoms with Crippen molar-refractivity contribution in [2.45, 2.75) is 32.4 Å². The standard InChI is InChI=1S/C28H31Br2N3O4S/c1-3-15-31-28(35)26(17-21-9-5-4-6-10-21)32(19-22-11-7-12-23(29)16-22)27(34)20-33(38(2,36)37)25-14-8-13-24(30)18-25/h4-14,16,18,26H,3,15,17,19-20H2,1-2H3,(H,31,35). The minimum Gasteiger partial charge on any atom is -0.354 e. The monoisotopic (exact) mass is 663 g/mol. The highest BCUT2D eigenvalue weighted by atomic mass is 79.9. The van der Waals surface area contributed by atoms with E-state index < -0.39 is 28.5 Å². The van der Waals surface area contributed by atoms with Crippen LogP contribution in [0.3, 0.4) is 0 Å². The molecule has 0 aliphatic rings. The summed E-state index contributed by atoms with van der Waals surface area (Å²) >= 11 is 6.84. The summed E-state index contributed by atoms with van der Waals surface area (Å²) in [5.41, 5.74) is 2.05. The second-order valence-corrected chi connectivity index (χ2v) is 12.6. The van der Waals surface area contributed by atoms with Crippen molar-refractivity contribution in [3.05, 3.63) is 98.9 Å². The fourth-order valence-corrected chi connectivity index (χ4v) is 5.67. The van der Waals surface area contributed by atoms with Crippen LogP contribution in [-0.2, 0) is 32.6 Å². The van der Waals surface area contributed by atoms with Crippen molar-refractivity contribution in [2.75, 3.05) is 23.7 Å². The molecule has 0 aliphatic carbocycles. The quantitative estimate of drug-likeness (QED) is 0.291. The summed E-state index contributed by atoms with van der Waals surface area (Å²) in [6, 6.07) is 22.9. The zero-order valence-electron chi connectivity index (χ0n) is 21.3. The summed E-state index contributed by atoms with van der Waals surface area (Å²) in [6.45, 7) is 2.11. The maximum absolute atomic E-state index is 14.0. The van der Waals surface area contributed by atoms with E-state index in [1.807, 2.05) is 61.5 Å². The van der Waals surface area contributed by atoms with Gasteiger partial charge in [0.2, 0.25) is 21.8 Å². The molecule has 0 heterocycles. The molecule has 0 saturated carbocycles. The third kappa shape index (κ3) is 8.68. The number of anilines is 1. The first-order chi connectivity index (χ1) is 18.1. The van der Waals surface area contributed by atoms with Crippen molar-refractivity contribution >= 4 is 59.4 Å². The highest BCUT2D eigenvalue weighted by Gasteiger charge is 2.33. The van der Waals surface area contributed by atoms with Gasteiger partial charge in [0.25, 0.3) is 0 Å². The molecule has 38 heavy (non-hydrogen) atoms. The molecule has 0 aromatic heterocycles. The number of hydrogen-bond acceptors (Lipinski definition) is 4. The summed E-state index contributed by atoms with van der Waals surface area (Å²) in [5.74, 6) is -0.768. The predicted molar refractivity (Wildman–Crippen MR) is 158 cm³/mol. The van der Waals surface area contributed by atoms with Crippen molar-refractivity contribution in [3.63, 3.8) is 0 Å². The van der Waals surface area contributed by atoms with Crippen molar-refractivity contribution in [2.24, 2.45) is 0 Å². The number of nitrogens with zero attached hydrogens (tertiary/aromatic N) is 2. The minimum absolute atomic E-state index is 0.130. The van der Waals surface area contributed by atoms with E-state index in [2.05, 4.69) is 37.2 Å². The van der Waals surface area contributed by atoms with Crippen LogP contribution in [0.1, 0.15) is 24.5 Å². The Morgan fingerprint density at radius 3 is 2.13 bits per heavy atom. The van der Waals surface area contributed by atoms with Gasteiger partial charge in [0.15, 0.2) is 0 Å². The third-order valence-corrected chi connectivity index (χ3v) is 7.96. The third-order valence-electron chi connectivity index (χ3n) is 5.84. The van der Waals surface area contributed by atoms with Crippen LogP contribution in [0.2, 0.25) is 0 Å². The average molecular weight is 665 g/mol. The first kappa shape index (κ1) is 29.9. The lowest BCUT2D eigenvalue weighted by molar-refractivity contribution is -0.140. The average Bonchev–Trinajstić information content (AvgIpc) is 2.87. The van der Waals surface area contributed by atoms with E-state index in [4.69, 9.17) is 0 Å². The molecule has 202 valence electrons. The zero-order chi connectivity index (χ0) is 27.7. The summed E-state index contributed by atoms with van der Waals surface area (Å²) in [4.78, 5) is 28.9.